The fourth-order valence-electron chi connectivity index (χ4n) is 2.71. The fraction of sp³-hybridized carbons (Fsp3) is 0.529. The van der Waals surface area contributed by atoms with Crippen molar-refractivity contribution in [1.82, 2.24) is 15.1 Å². The number of nitrogens with one attached hydrogen (secondary N) is 1. The Bertz CT molecular complexity index is 563. The molecule has 23 heavy (non-hydrogen) atoms. The molecule has 1 aliphatic rings. The second-order valence-electron chi connectivity index (χ2n) is 6.21. The van der Waals surface area contributed by atoms with Gasteiger partial charge in [0.25, 0.3) is 0 Å². The van der Waals surface area contributed by atoms with Gasteiger partial charge in [0, 0.05) is 31.1 Å². The maximum absolute atomic E-state index is 12.3. The number of carbonyl (C=O) groups is 2. The molecule has 1 saturated heterocycles. The molecule has 1 heterocycles. The molecule has 2 rings (SSSR count). The van der Waals surface area contributed by atoms with Gasteiger partial charge in [-0.15, -0.1) is 0 Å². The highest BCUT2D eigenvalue weighted by Crippen LogP contribution is 2.19. The van der Waals surface area contributed by atoms with Crippen LogP contribution in [0.5, 0.6) is 0 Å². The Morgan fingerprint density at radius 2 is 2.13 bits per heavy atom. The molecule has 6 heteroatoms. The fourth-order valence-corrected chi connectivity index (χ4v) is 2.91. The van der Waals surface area contributed by atoms with Crippen LogP contribution < -0.4 is 5.32 Å². The first-order valence-corrected chi connectivity index (χ1v) is 8.29. The summed E-state index contributed by atoms with van der Waals surface area (Å²) in [6, 6.07) is 7.43. The highest BCUT2D eigenvalue weighted by Gasteiger charge is 2.33. The Morgan fingerprint density at radius 3 is 2.83 bits per heavy atom. The summed E-state index contributed by atoms with van der Waals surface area (Å²) in [5.74, 6) is -0.264. The predicted molar refractivity (Wildman–Crippen MR) is 91.2 cm³/mol. The van der Waals surface area contributed by atoms with Gasteiger partial charge in [0.05, 0.1) is 5.92 Å². The SMILES string of the molecule is CN(C)CCCN1CC(C(=O)NCc2ccccc2Cl)CC1=O. The van der Waals surface area contributed by atoms with Gasteiger partial charge in [-0.05, 0) is 38.7 Å². The third kappa shape index (κ3) is 5.22. The van der Waals surface area contributed by atoms with Crippen molar-refractivity contribution in [2.45, 2.75) is 19.4 Å². The largest absolute Gasteiger partial charge is 0.352 e. The van der Waals surface area contributed by atoms with E-state index in [-0.39, 0.29) is 17.7 Å². The monoisotopic (exact) mass is 337 g/mol. The molecule has 0 aliphatic carbocycles. The maximum atomic E-state index is 12.3. The average Bonchev–Trinajstić information content (AvgIpc) is 2.87. The molecule has 0 radical (unpaired) electrons. The van der Waals surface area contributed by atoms with E-state index in [1.807, 2.05) is 32.3 Å². The van der Waals surface area contributed by atoms with E-state index >= 15 is 0 Å². The van der Waals surface area contributed by atoms with E-state index in [0.717, 1.165) is 18.5 Å². The highest BCUT2D eigenvalue weighted by atomic mass is 35.5. The smallest absolute Gasteiger partial charge is 0.225 e. The first-order chi connectivity index (χ1) is 11.0. The van der Waals surface area contributed by atoms with E-state index in [0.29, 0.717) is 31.1 Å². The van der Waals surface area contributed by atoms with Crippen LogP contribution in [0, 0.1) is 5.92 Å². The Hall–Kier alpha value is -1.59. The molecule has 1 aromatic rings. The highest BCUT2D eigenvalue weighted by molar-refractivity contribution is 6.31. The van der Waals surface area contributed by atoms with Crippen molar-refractivity contribution in [2.24, 2.45) is 5.92 Å². The molecule has 0 saturated carbocycles. The van der Waals surface area contributed by atoms with Crippen LogP contribution in [0.15, 0.2) is 24.3 Å². The van der Waals surface area contributed by atoms with Crippen LogP contribution in [0.4, 0.5) is 0 Å². The molecule has 0 aromatic heterocycles. The molecule has 1 atom stereocenters. The Balaban J connectivity index is 1.79. The van der Waals surface area contributed by atoms with Gasteiger partial charge in [-0.25, -0.2) is 0 Å². The first-order valence-electron chi connectivity index (χ1n) is 7.91. The lowest BCUT2D eigenvalue weighted by Gasteiger charge is -2.18. The molecule has 1 N–H and O–H groups in total. The molecule has 1 unspecified atom stereocenters. The Morgan fingerprint density at radius 1 is 1.39 bits per heavy atom. The number of hydrogen-bond donors (Lipinski definition) is 1. The number of nitrogens with zero attached hydrogens (tertiary/aromatic N) is 2. The van der Waals surface area contributed by atoms with Crippen molar-refractivity contribution in [3.8, 4) is 0 Å². The van der Waals surface area contributed by atoms with E-state index in [9.17, 15) is 9.59 Å². The van der Waals surface area contributed by atoms with Crippen LogP contribution >= 0.6 is 11.6 Å². The van der Waals surface area contributed by atoms with E-state index < -0.39 is 0 Å². The summed E-state index contributed by atoms with van der Waals surface area (Å²) in [5.41, 5.74) is 0.884. The number of halogens is 1. The normalized spacial score (nSPS) is 17.8. The summed E-state index contributed by atoms with van der Waals surface area (Å²) >= 11 is 6.08. The summed E-state index contributed by atoms with van der Waals surface area (Å²) in [5, 5.41) is 3.53. The van der Waals surface area contributed by atoms with E-state index in [4.69, 9.17) is 11.6 Å². The van der Waals surface area contributed by atoms with Crippen LogP contribution in [0.25, 0.3) is 0 Å². The van der Waals surface area contributed by atoms with Crippen LogP contribution in [0.1, 0.15) is 18.4 Å². The molecule has 1 aliphatic heterocycles. The van der Waals surface area contributed by atoms with Crippen LogP contribution in [-0.2, 0) is 16.1 Å². The lowest BCUT2D eigenvalue weighted by molar-refractivity contribution is -0.129. The standard InChI is InChI=1S/C17H24ClN3O2/c1-20(2)8-5-9-21-12-14(10-16(21)22)17(23)19-11-13-6-3-4-7-15(13)18/h3-4,6-7,14H,5,8-12H2,1-2H3,(H,19,23). The number of benzene rings is 1. The van der Waals surface area contributed by atoms with Crippen molar-refractivity contribution in [2.75, 3.05) is 33.7 Å². The van der Waals surface area contributed by atoms with Crippen molar-refractivity contribution in [1.29, 1.82) is 0 Å². The van der Waals surface area contributed by atoms with Crippen LogP contribution in [0.3, 0.4) is 0 Å². The van der Waals surface area contributed by atoms with Gasteiger partial charge < -0.3 is 15.1 Å². The topological polar surface area (TPSA) is 52.6 Å². The third-order valence-corrected chi connectivity index (χ3v) is 4.40. The predicted octanol–water partition coefficient (Wildman–Crippen LogP) is 1.76. The Kier molecular flexibility index (Phi) is 6.42. The van der Waals surface area contributed by atoms with Gasteiger partial charge in [0.15, 0.2) is 0 Å². The zero-order valence-corrected chi connectivity index (χ0v) is 14.5. The van der Waals surface area contributed by atoms with E-state index in [2.05, 4.69) is 10.2 Å². The van der Waals surface area contributed by atoms with Crippen molar-refractivity contribution in [3.63, 3.8) is 0 Å². The summed E-state index contributed by atoms with van der Waals surface area (Å²) < 4.78 is 0. The maximum Gasteiger partial charge on any atom is 0.225 e. The molecule has 126 valence electrons. The quantitative estimate of drug-likeness (QED) is 0.825. The minimum atomic E-state index is -0.260. The second-order valence-corrected chi connectivity index (χ2v) is 6.61. The number of hydrogen-bond acceptors (Lipinski definition) is 3. The summed E-state index contributed by atoms with van der Waals surface area (Å²) in [7, 11) is 4.02. The van der Waals surface area contributed by atoms with Crippen molar-refractivity contribution >= 4 is 23.4 Å². The lowest BCUT2D eigenvalue weighted by atomic mass is 10.1. The summed E-state index contributed by atoms with van der Waals surface area (Å²) in [6.07, 6.45) is 1.23. The van der Waals surface area contributed by atoms with Crippen molar-refractivity contribution in [3.05, 3.63) is 34.9 Å². The van der Waals surface area contributed by atoms with Crippen LogP contribution in [-0.4, -0.2) is 55.3 Å². The molecule has 0 bridgehead atoms. The first kappa shape index (κ1) is 17.8. The zero-order chi connectivity index (χ0) is 16.8. The number of likely N-dealkylation sites (tertiary alicyclic amines) is 1. The van der Waals surface area contributed by atoms with E-state index in [1.165, 1.54) is 0 Å². The van der Waals surface area contributed by atoms with Gasteiger partial charge in [-0.1, -0.05) is 29.8 Å². The van der Waals surface area contributed by atoms with E-state index in [1.54, 1.807) is 11.0 Å². The zero-order valence-electron chi connectivity index (χ0n) is 13.7. The molecule has 1 aromatic carbocycles. The molecule has 5 nitrogen and oxygen atoms in total. The van der Waals surface area contributed by atoms with Gasteiger partial charge in [-0.3, -0.25) is 9.59 Å². The summed E-state index contributed by atoms with van der Waals surface area (Å²) in [4.78, 5) is 28.2. The second kappa shape index (κ2) is 8.31. The molecule has 1 fully saturated rings. The average molecular weight is 338 g/mol. The Labute approximate surface area is 142 Å². The van der Waals surface area contributed by atoms with Gasteiger partial charge in [-0.2, -0.15) is 0 Å². The lowest BCUT2D eigenvalue weighted by Crippen LogP contribution is -2.33. The van der Waals surface area contributed by atoms with Gasteiger partial charge in [0.2, 0.25) is 11.8 Å². The number of carbonyl (C=O) groups excluding carboxylic acids is 2. The number of amides is 2. The minimum Gasteiger partial charge on any atom is -0.352 e. The third-order valence-electron chi connectivity index (χ3n) is 4.03. The molecule has 2 amide bonds. The molecular weight excluding hydrogens is 314 g/mol. The van der Waals surface area contributed by atoms with Crippen molar-refractivity contribution < 1.29 is 9.59 Å². The molecule has 0 spiro atoms. The van der Waals surface area contributed by atoms with Crippen LogP contribution in [0.2, 0.25) is 5.02 Å². The molecular formula is C17H24ClN3O2. The van der Waals surface area contributed by atoms with Gasteiger partial charge >= 0.3 is 0 Å². The van der Waals surface area contributed by atoms with Gasteiger partial charge in [0.1, 0.15) is 0 Å². The summed E-state index contributed by atoms with van der Waals surface area (Å²) in [6.45, 7) is 2.56. The minimum absolute atomic E-state index is 0.0710. The number of rotatable bonds is 7.